The van der Waals surface area contributed by atoms with E-state index in [1.807, 2.05) is 29.2 Å². The fraction of sp³-hybridized carbons (Fsp3) is 0.600. The summed E-state index contributed by atoms with van der Waals surface area (Å²) in [6.45, 7) is 6.80. The lowest BCUT2D eigenvalue weighted by Crippen LogP contribution is -2.52. The number of methoxy groups -OCH3 is 1. The number of piperidine rings is 1. The van der Waals surface area contributed by atoms with Crippen LogP contribution in [0.25, 0.3) is 0 Å². The van der Waals surface area contributed by atoms with Gasteiger partial charge < -0.3 is 19.4 Å². The van der Waals surface area contributed by atoms with Crippen molar-refractivity contribution in [2.45, 2.75) is 12.8 Å². The monoisotopic (exact) mass is 356 g/mol. The highest BCUT2D eigenvalue weighted by molar-refractivity contribution is 5.79. The van der Waals surface area contributed by atoms with Crippen LogP contribution in [0.2, 0.25) is 0 Å². The lowest BCUT2D eigenvalue weighted by atomic mass is 9.96. The Morgan fingerprint density at radius 2 is 1.92 bits per heavy atom. The summed E-state index contributed by atoms with van der Waals surface area (Å²) in [7, 11) is 1.72. The Bertz CT molecular complexity index is 632. The average molecular weight is 356 g/mol. The first-order valence-corrected chi connectivity index (χ1v) is 9.46. The SMILES string of the molecule is COCCN1CCC[C@@H](C(=O)N2CCN(c3ccc(C#N)cc3)CC2)C1. The number of piperazine rings is 1. The van der Waals surface area contributed by atoms with Gasteiger partial charge in [0.05, 0.1) is 24.2 Å². The third kappa shape index (κ3) is 4.54. The zero-order chi connectivity index (χ0) is 18.4. The molecule has 0 radical (unpaired) electrons. The number of hydrogen-bond donors (Lipinski definition) is 0. The minimum Gasteiger partial charge on any atom is -0.383 e. The predicted octanol–water partition coefficient (Wildman–Crippen LogP) is 1.57. The summed E-state index contributed by atoms with van der Waals surface area (Å²) in [5.41, 5.74) is 1.80. The molecular formula is C20H28N4O2. The van der Waals surface area contributed by atoms with Gasteiger partial charge in [0, 0.05) is 52.1 Å². The first kappa shape index (κ1) is 18.7. The van der Waals surface area contributed by atoms with Gasteiger partial charge >= 0.3 is 0 Å². The number of anilines is 1. The van der Waals surface area contributed by atoms with E-state index in [1.54, 1.807) is 7.11 Å². The minimum atomic E-state index is 0.127. The molecule has 1 atom stereocenters. The number of rotatable bonds is 5. The highest BCUT2D eigenvalue weighted by atomic mass is 16.5. The zero-order valence-corrected chi connectivity index (χ0v) is 15.6. The van der Waals surface area contributed by atoms with Gasteiger partial charge in [0.25, 0.3) is 0 Å². The fourth-order valence-electron chi connectivity index (χ4n) is 3.87. The van der Waals surface area contributed by atoms with Crippen molar-refractivity contribution in [2.75, 3.05) is 64.4 Å². The molecule has 0 saturated carbocycles. The van der Waals surface area contributed by atoms with Gasteiger partial charge in [-0.15, -0.1) is 0 Å². The van der Waals surface area contributed by atoms with Crippen LogP contribution in [0.3, 0.4) is 0 Å². The van der Waals surface area contributed by atoms with Crippen molar-refractivity contribution in [3.05, 3.63) is 29.8 Å². The number of carbonyl (C=O) groups excluding carboxylic acids is 1. The third-order valence-electron chi connectivity index (χ3n) is 5.42. The minimum absolute atomic E-state index is 0.127. The average Bonchev–Trinajstić information content (AvgIpc) is 2.72. The lowest BCUT2D eigenvalue weighted by Gasteiger charge is -2.39. The molecule has 0 bridgehead atoms. The second-order valence-corrected chi connectivity index (χ2v) is 7.10. The van der Waals surface area contributed by atoms with E-state index < -0.39 is 0 Å². The van der Waals surface area contributed by atoms with E-state index >= 15 is 0 Å². The van der Waals surface area contributed by atoms with Crippen LogP contribution in [0.4, 0.5) is 5.69 Å². The molecule has 3 rings (SSSR count). The lowest BCUT2D eigenvalue weighted by molar-refractivity contribution is -0.137. The van der Waals surface area contributed by atoms with Gasteiger partial charge in [-0.1, -0.05) is 0 Å². The maximum Gasteiger partial charge on any atom is 0.227 e. The number of nitrogens with zero attached hydrogens (tertiary/aromatic N) is 4. The molecule has 0 unspecified atom stereocenters. The van der Waals surface area contributed by atoms with Gasteiger partial charge in [-0.2, -0.15) is 5.26 Å². The van der Waals surface area contributed by atoms with E-state index in [9.17, 15) is 4.79 Å². The van der Waals surface area contributed by atoms with Crippen LogP contribution >= 0.6 is 0 Å². The summed E-state index contributed by atoms with van der Waals surface area (Å²) >= 11 is 0. The Morgan fingerprint density at radius 1 is 1.19 bits per heavy atom. The second-order valence-electron chi connectivity index (χ2n) is 7.10. The maximum atomic E-state index is 12.9. The largest absolute Gasteiger partial charge is 0.383 e. The highest BCUT2D eigenvalue weighted by Crippen LogP contribution is 2.21. The molecule has 2 aliphatic rings. The summed E-state index contributed by atoms with van der Waals surface area (Å²) in [5.74, 6) is 0.439. The number of hydrogen-bond acceptors (Lipinski definition) is 5. The Labute approximate surface area is 155 Å². The molecular weight excluding hydrogens is 328 g/mol. The van der Waals surface area contributed by atoms with Gasteiger partial charge in [0.1, 0.15) is 0 Å². The first-order valence-electron chi connectivity index (χ1n) is 9.46. The molecule has 6 heteroatoms. The van der Waals surface area contributed by atoms with Crippen LogP contribution in [-0.4, -0.2) is 75.2 Å². The van der Waals surface area contributed by atoms with Crippen LogP contribution in [-0.2, 0) is 9.53 Å². The Balaban J connectivity index is 1.50. The predicted molar refractivity (Wildman–Crippen MR) is 101 cm³/mol. The van der Waals surface area contributed by atoms with E-state index in [0.29, 0.717) is 11.5 Å². The van der Waals surface area contributed by atoms with Gasteiger partial charge in [-0.05, 0) is 43.7 Å². The molecule has 140 valence electrons. The van der Waals surface area contributed by atoms with Crippen molar-refractivity contribution in [1.82, 2.24) is 9.80 Å². The molecule has 2 aliphatic heterocycles. The van der Waals surface area contributed by atoms with Crippen LogP contribution < -0.4 is 4.90 Å². The molecule has 0 N–H and O–H groups in total. The molecule has 0 spiro atoms. The van der Waals surface area contributed by atoms with E-state index in [4.69, 9.17) is 10.00 Å². The van der Waals surface area contributed by atoms with Crippen molar-refractivity contribution in [2.24, 2.45) is 5.92 Å². The van der Waals surface area contributed by atoms with Gasteiger partial charge in [-0.25, -0.2) is 0 Å². The highest BCUT2D eigenvalue weighted by Gasteiger charge is 2.30. The molecule has 26 heavy (non-hydrogen) atoms. The molecule has 0 aromatic heterocycles. The van der Waals surface area contributed by atoms with Gasteiger partial charge in [0.2, 0.25) is 5.91 Å². The summed E-state index contributed by atoms with van der Waals surface area (Å²) < 4.78 is 5.16. The summed E-state index contributed by atoms with van der Waals surface area (Å²) in [6.07, 6.45) is 2.09. The van der Waals surface area contributed by atoms with Crippen molar-refractivity contribution in [1.29, 1.82) is 5.26 Å². The molecule has 2 heterocycles. The number of carbonyl (C=O) groups is 1. The topological polar surface area (TPSA) is 59.8 Å². The number of likely N-dealkylation sites (tertiary alicyclic amines) is 1. The number of benzene rings is 1. The molecule has 2 saturated heterocycles. The maximum absolute atomic E-state index is 12.9. The third-order valence-corrected chi connectivity index (χ3v) is 5.42. The molecule has 6 nitrogen and oxygen atoms in total. The van der Waals surface area contributed by atoms with Gasteiger partial charge in [0.15, 0.2) is 0 Å². The van der Waals surface area contributed by atoms with E-state index in [-0.39, 0.29) is 5.92 Å². The molecule has 1 aromatic carbocycles. The normalized spacial score (nSPS) is 21.5. The smallest absolute Gasteiger partial charge is 0.227 e. The van der Waals surface area contributed by atoms with Crippen LogP contribution in [0.1, 0.15) is 18.4 Å². The number of ether oxygens (including phenoxy) is 1. The Hall–Kier alpha value is -2.10. The number of nitriles is 1. The molecule has 2 fully saturated rings. The molecule has 0 aliphatic carbocycles. The molecule has 1 amide bonds. The van der Waals surface area contributed by atoms with Crippen molar-refractivity contribution >= 4 is 11.6 Å². The van der Waals surface area contributed by atoms with Crippen molar-refractivity contribution in [3.63, 3.8) is 0 Å². The quantitative estimate of drug-likeness (QED) is 0.801. The van der Waals surface area contributed by atoms with Crippen molar-refractivity contribution in [3.8, 4) is 6.07 Å². The van der Waals surface area contributed by atoms with Gasteiger partial charge in [-0.3, -0.25) is 4.79 Å². The summed E-state index contributed by atoms with van der Waals surface area (Å²) in [4.78, 5) is 19.6. The van der Waals surface area contributed by atoms with Crippen molar-refractivity contribution < 1.29 is 9.53 Å². The van der Waals surface area contributed by atoms with Crippen LogP contribution in [0, 0.1) is 17.2 Å². The number of amides is 1. The standard InChI is InChI=1S/C20H28N4O2/c1-26-14-13-22-8-2-3-18(16-22)20(25)24-11-9-23(10-12-24)19-6-4-17(15-21)5-7-19/h4-7,18H,2-3,8-14,16H2,1H3/t18-/m1/s1. The Morgan fingerprint density at radius 3 is 2.58 bits per heavy atom. The summed E-state index contributed by atoms with van der Waals surface area (Å²) in [6, 6.07) is 9.83. The van der Waals surface area contributed by atoms with E-state index in [1.165, 1.54) is 0 Å². The zero-order valence-electron chi connectivity index (χ0n) is 15.6. The Kier molecular flexibility index (Phi) is 6.48. The summed E-state index contributed by atoms with van der Waals surface area (Å²) in [5, 5.41) is 8.91. The fourth-order valence-corrected chi connectivity index (χ4v) is 3.87. The van der Waals surface area contributed by atoms with E-state index in [0.717, 1.165) is 70.9 Å². The second kappa shape index (κ2) is 9.02. The van der Waals surface area contributed by atoms with Crippen LogP contribution in [0.15, 0.2) is 24.3 Å². The first-order chi connectivity index (χ1) is 12.7. The van der Waals surface area contributed by atoms with E-state index in [2.05, 4.69) is 15.9 Å². The molecule has 1 aromatic rings. The van der Waals surface area contributed by atoms with Crippen LogP contribution in [0.5, 0.6) is 0 Å².